The van der Waals surface area contributed by atoms with Gasteiger partial charge in [0.25, 0.3) is 0 Å². The maximum Gasteiger partial charge on any atom is 0.180 e. The number of benzene rings is 1. The Labute approximate surface area is 95.2 Å². The predicted molar refractivity (Wildman–Crippen MR) is 62.1 cm³/mol. The molecule has 0 heterocycles. The van der Waals surface area contributed by atoms with Crippen LogP contribution in [0.5, 0.6) is 5.75 Å². The summed E-state index contributed by atoms with van der Waals surface area (Å²) in [6.45, 7) is 5.52. The SMILES string of the molecule is COc1ccc(C(=O)C(C)Cl)c(C)c1C. The molecule has 0 spiro atoms. The fraction of sp³-hybridized carbons (Fsp3) is 0.417. The molecule has 0 aliphatic heterocycles. The van der Waals surface area contributed by atoms with Crippen molar-refractivity contribution in [3.8, 4) is 5.75 Å². The first kappa shape index (κ1) is 12.1. The van der Waals surface area contributed by atoms with Crippen LogP contribution in [0.4, 0.5) is 0 Å². The number of carbonyl (C=O) groups is 1. The van der Waals surface area contributed by atoms with Crippen LogP contribution in [0.3, 0.4) is 0 Å². The largest absolute Gasteiger partial charge is 0.496 e. The average molecular weight is 227 g/mol. The molecule has 1 aromatic carbocycles. The summed E-state index contributed by atoms with van der Waals surface area (Å²) in [5.74, 6) is 0.756. The summed E-state index contributed by atoms with van der Waals surface area (Å²) in [7, 11) is 1.62. The second-order valence-corrected chi connectivity index (χ2v) is 4.20. The number of hydrogen-bond donors (Lipinski definition) is 0. The van der Waals surface area contributed by atoms with E-state index in [1.54, 1.807) is 26.2 Å². The maximum absolute atomic E-state index is 11.7. The van der Waals surface area contributed by atoms with Gasteiger partial charge in [-0.2, -0.15) is 0 Å². The normalized spacial score (nSPS) is 12.3. The zero-order valence-corrected chi connectivity index (χ0v) is 10.2. The summed E-state index contributed by atoms with van der Waals surface area (Å²) < 4.78 is 5.18. The summed E-state index contributed by atoms with van der Waals surface area (Å²) in [4.78, 5) is 11.7. The van der Waals surface area contributed by atoms with Gasteiger partial charge in [0, 0.05) is 5.56 Å². The van der Waals surface area contributed by atoms with Gasteiger partial charge in [-0.3, -0.25) is 4.79 Å². The number of ether oxygens (including phenoxy) is 1. The lowest BCUT2D eigenvalue weighted by Gasteiger charge is -2.12. The number of methoxy groups -OCH3 is 1. The van der Waals surface area contributed by atoms with Gasteiger partial charge < -0.3 is 4.74 Å². The Kier molecular flexibility index (Phi) is 3.75. The fourth-order valence-electron chi connectivity index (χ4n) is 1.50. The molecule has 15 heavy (non-hydrogen) atoms. The van der Waals surface area contributed by atoms with Crippen LogP contribution >= 0.6 is 11.6 Å². The molecule has 0 amide bonds. The van der Waals surface area contributed by atoms with Crippen molar-refractivity contribution in [3.63, 3.8) is 0 Å². The highest BCUT2D eigenvalue weighted by molar-refractivity contribution is 6.33. The zero-order chi connectivity index (χ0) is 11.6. The first-order chi connectivity index (χ1) is 6.99. The van der Waals surface area contributed by atoms with Gasteiger partial charge in [0.2, 0.25) is 0 Å². The van der Waals surface area contributed by atoms with Crippen molar-refractivity contribution in [2.45, 2.75) is 26.1 Å². The van der Waals surface area contributed by atoms with Gasteiger partial charge in [0.1, 0.15) is 5.75 Å². The van der Waals surface area contributed by atoms with E-state index in [0.717, 1.165) is 16.9 Å². The third-order valence-corrected chi connectivity index (χ3v) is 2.78. The molecular weight excluding hydrogens is 212 g/mol. The number of alkyl halides is 1. The Morgan fingerprint density at radius 1 is 1.33 bits per heavy atom. The van der Waals surface area contributed by atoms with Crippen LogP contribution in [0.2, 0.25) is 0 Å². The Hall–Kier alpha value is -1.02. The number of rotatable bonds is 3. The van der Waals surface area contributed by atoms with Crippen LogP contribution in [-0.2, 0) is 0 Å². The minimum Gasteiger partial charge on any atom is -0.496 e. The Morgan fingerprint density at radius 3 is 2.40 bits per heavy atom. The minimum atomic E-state index is -0.489. The van der Waals surface area contributed by atoms with Crippen molar-refractivity contribution in [2.24, 2.45) is 0 Å². The topological polar surface area (TPSA) is 26.3 Å². The van der Waals surface area contributed by atoms with E-state index >= 15 is 0 Å². The lowest BCUT2D eigenvalue weighted by atomic mass is 9.98. The second-order valence-electron chi connectivity index (χ2n) is 3.55. The molecular formula is C12H15ClO2. The standard InChI is InChI=1S/C12H15ClO2/c1-7-8(2)11(15-4)6-5-10(7)12(14)9(3)13/h5-6,9H,1-4H3. The lowest BCUT2D eigenvalue weighted by Crippen LogP contribution is -2.12. The summed E-state index contributed by atoms with van der Waals surface area (Å²) in [5, 5.41) is -0.489. The molecule has 0 fully saturated rings. The molecule has 0 saturated heterocycles. The number of ketones is 1. The van der Waals surface area contributed by atoms with Crippen molar-refractivity contribution in [1.29, 1.82) is 0 Å². The summed E-state index contributed by atoms with van der Waals surface area (Å²) in [6, 6.07) is 3.57. The smallest absolute Gasteiger partial charge is 0.180 e. The van der Waals surface area contributed by atoms with Gasteiger partial charge in [-0.25, -0.2) is 0 Å². The lowest BCUT2D eigenvalue weighted by molar-refractivity contribution is 0.0991. The Morgan fingerprint density at radius 2 is 1.93 bits per heavy atom. The molecule has 1 atom stereocenters. The molecule has 0 N–H and O–H groups in total. The maximum atomic E-state index is 11.7. The third-order valence-electron chi connectivity index (χ3n) is 2.58. The zero-order valence-electron chi connectivity index (χ0n) is 9.43. The van der Waals surface area contributed by atoms with Gasteiger partial charge in [-0.15, -0.1) is 11.6 Å². The van der Waals surface area contributed by atoms with Crippen LogP contribution < -0.4 is 4.74 Å². The van der Waals surface area contributed by atoms with Crippen molar-refractivity contribution < 1.29 is 9.53 Å². The van der Waals surface area contributed by atoms with E-state index in [9.17, 15) is 4.79 Å². The molecule has 0 aliphatic carbocycles. The minimum absolute atomic E-state index is 0.0417. The van der Waals surface area contributed by atoms with Crippen LogP contribution in [0.1, 0.15) is 28.4 Å². The Balaban J connectivity index is 3.23. The van der Waals surface area contributed by atoms with Crippen molar-refractivity contribution in [3.05, 3.63) is 28.8 Å². The monoisotopic (exact) mass is 226 g/mol. The van der Waals surface area contributed by atoms with Gasteiger partial charge >= 0.3 is 0 Å². The number of Topliss-reactive ketones (excluding diaryl/α,β-unsaturated/α-hetero) is 1. The highest BCUT2D eigenvalue weighted by Crippen LogP contribution is 2.25. The van der Waals surface area contributed by atoms with E-state index in [2.05, 4.69) is 0 Å². The first-order valence-electron chi connectivity index (χ1n) is 4.81. The fourth-order valence-corrected chi connectivity index (χ4v) is 1.62. The van der Waals surface area contributed by atoms with Crippen molar-refractivity contribution >= 4 is 17.4 Å². The van der Waals surface area contributed by atoms with Crippen LogP contribution in [-0.4, -0.2) is 18.3 Å². The first-order valence-corrected chi connectivity index (χ1v) is 5.25. The van der Waals surface area contributed by atoms with Crippen molar-refractivity contribution in [1.82, 2.24) is 0 Å². The summed E-state index contributed by atoms with van der Waals surface area (Å²) in [6.07, 6.45) is 0. The van der Waals surface area contributed by atoms with Gasteiger partial charge in [0.05, 0.1) is 12.5 Å². The molecule has 0 bridgehead atoms. The van der Waals surface area contributed by atoms with Crippen molar-refractivity contribution in [2.75, 3.05) is 7.11 Å². The van der Waals surface area contributed by atoms with E-state index < -0.39 is 5.38 Å². The van der Waals surface area contributed by atoms with E-state index in [4.69, 9.17) is 16.3 Å². The van der Waals surface area contributed by atoms with Crippen LogP contribution in [0, 0.1) is 13.8 Å². The molecule has 1 unspecified atom stereocenters. The Bertz CT molecular complexity index is 383. The summed E-state index contributed by atoms with van der Waals surface area (Å²) in [5.41, 5.74) is 2.60. The molecule has 0 aliphatic rings. The highest BCUT2D eigenvalue weighted by atomic mass is 35.5. The van der Waals surface area contributed by atoms with Gasteiger partial charge in [0.15, 0.2) is 5.78 Å². The average Bonchev–Trinajstić information content (AvgIpc) is 2.21. The number of hydrogen-bond acceptors (Lipinski definition) is 2. The predicted octanol–water partition coefficient (Wildman–Crippen LogP) is 3.12. The number of halogens is 1. The van der Waals surface area contributed by atoms with Gasteiger partial charge in [-0.1, -0.05) is 0 Å². The molecule has 1 rings (SSSR count). The highest BCUT2D eigenvalue weighted by Gasteiger charge is 2.16. The van der Waals surface area contributed by atoms with E-state index in [-0.39, 0.29) is 5.78 Å². The van der Waals surface area contributed by atoms with E-state index in [1.807, 2.05) is 13.8 Å². The van der Waals surface area contributed by atoms with Crippen LogP contribution in [0.15, 0.2) is 12.1 Å². The number of carbonyl (C=O) groups excluding carboxylic acids is 1. The van der Waals surface area contributed by atoms with Crippen LogP contribution in [0.25, 0.3) is 0 Å². The second kappa shape index (κ2) is 4.67. The molecule has 2 nitrogen and oxygen atoms in total. The molecule has 0 radical (unpaired) electrons. The summed E-state index contributed by atoms with van der Waals surface area (Å²) >= 11 is 5.78. The quantitative estimate of drug-likeness (QED) is 0.585. The molecule has 82 valence electrons. The van der Waals surface area contributed by atoms with E-state index in [1.165, 1.54) is 0 Å². The molecule has 0 aromatic heterocycles. The van der Waals surface area contributed by atoms with Gasteiger partial charge in [-0.05, 0) is 44.0 Å². The molecule has 3 heteroatoms. The molecule has 0 saturated carbocycles. The van der Waals surface area contributed by atoms with E-state index in [0.29, 0.717) is 5.56 Å². The third kappa shape index (κ3) is 2.32. The molecule has 1 aromatic rings.